The number of rotatable bonds is 48. The minimum atomic E-state index is -4.70. The van der Waals surface area contributed by atoms with Crippen LogP contribution in [0.1, 0.15) is 233 Å². The Morgan fingerprint density at radius 2 is 0.970 bits per heavy atom. The summed E-state index contributed by atoms with van der Waals surface area (Å²) < 4.78 is 30.1. The van der Waals surface area contributed by atoms with Crippen LogP contribution in [0.25, 0.3) is 0 Å². The molecule has 3 unspecified atom stereocenters. The highest BCUT2D eigenvalue weighted by atomic mass is 31.2. The summed E-state index contributed by atoms with van der Waals surface area (Å²) in [6, 6.07) is -0.904. The molecule has 0 aromatic carbocycles. The van der Waals surface area contributed by atoms with Crippen LogP contribution >= 0.6 is 7.82 Å². The first-order valence-electron chi connectivity index (χ1n) is 27.1. The van der Waals surface area contributed by atoms with E-state index in [-0.39, 0.29) is 24.9 Å². The lowest BCUT2D eigenvalue weighted by Crippen LogP contribution is -2.47. The molecular weight excluding hydrogens is 844 g/mol. The van der Waals surface area contributed by atoms with Crippen LogP contribution < -0.4 is 10.2 Å². The Labute approximate surface area is 407 Å². The first-order chi connectivity index (χ1) is 31.9. The normalized spacial score (nSPS) is 14.3. The number of esters is 1. The number of phosphoric ester groups is 1. The minimum Gasteiger partial charge on any atom is -0.756 e. The lowest BCUT2D eigenvalue weighted by atomic mass is 10.1. The van der Waals surface area contributed by atoms with Crippen LogP contribution in [0.15, 0.2) is 60.8 Å². The average Bonchev–Trinajstić information content (AvgIpc) is 3.27. The van der Waals surface area contributed by atoms with Gasteiger partial charge >= 0.3 is 5.97 Å². The molecule has 66 heavy (non-hydrogen) atoms. The van der Waals surface area contributed by atoms with Crippen LogP contribution in [0.4, 0.5) is 0 Å². The van der Waals surface area contributed by atoms with E-state index in [9.17, 15) is 19.0 Å². The molecular formula is C56H103N2O7P. The van der Waals surface area contributed by atoms with E-state index in [1.807, 2.05) is 33.3 Å². The molecule has 1 N–H and O–H groups in total. The van der Waals surface area contributed by atoms with Crippen molar-refractivity contribution < 1.29 is 37.3 Å². The predicted octanol–water partition coefficient (Wildman–Crippen LogP) is 15.3. The van der Waals surface area contributed by atoms with Gasteiger partial charge in [-0.15, -0.1) is 0 Å². The van der Waals surface area contributed by atoms with Gasteiger partial charge in [0.1, 0.15) is 19.3 Å². The molecule has 0 aromatic rings. The summed E-state index contributed by atoms with van der Waals surface area (Å²) in [6.07, 6.45) is 56.1. The van der Waals surface area contributed by atoms with E-state index < -0.39 is 26.6 Å². The Balaban J connectivity index is 5.47. The number of likely N-dealkylation sites (N-methyl/N-ethyl adjacent to an activating group) is 1. The van der Waals surface area contributed by atoms with E-state index in [0.717, 1.165) is 89.9 Å². The smallest absolute Gasteiger partial charge is 0.306 e. The van der Waals surface area contributed by atoms with Crippen LogP contribution in [0, 0.1) is 0 Å². The van der Waals surface area contributed by atoms with Gasteiger partial charge in [0.15, 0.2) is 0 Å². The van der Waals surface area contributed by atoms with Gasteiger partial charge in [-0.2, -0.15) is 0 Å². The molecule has 10 heteroatoms. The molecule has 0 aliphatic rings. The lowest BCUT2D eigenvalue weighted by molar-refractivity contribution is -0.870. The maximum absolute atomic E-state index is 13.4. The number of hydrogen-bond acceptors (Lipinski definition) is 7. The van der Waals surface area contributed by atoms with Gasteiger partial charge in [-0.25, -0.2) is 0 Å². The Hall–Kier alpha value is -2.29. The van der Waals surface area contributed by atoms with Gasteiger partial charge in [0, 0.05) is 12.8 Å². The molecule has 0 spiro atoms. The van der Waals surface area contributed by atoms with Crippen LogP contribution in [-0.2, 0) is 27.9 Å². The lowest BCUT2D eigenvalue weighted by Gasteiger charge is -2.30. The second-order valence-electron chi connectivity index (χ2n) is 19.3. The number of carbonyl (C=O) groups is 2. The highest BCUT2D eigenvalue weighted by Gasteiger charge is 2.27. The number of amides is 1. The van der Waals surface area contributed by atoms with Crippen LogP contribution in [0.3, 0.4) is 0 Å². The van der Waals surface area contributed by atoms with Crippen molar-refractivity contribution in [2.45, 2.75) is 245 Å². The molecule has 3 atom stereocenters. The third-order valence-electron chi connectivity index (χ3n) is 11.7. The Morgan fingerprint density at radius 3 is 1.48 bits per heavy atom. The molecule has 0 radical (unpaired) electrons. The number of nitrogens with one attached hydrogen (secondary N) is 1. The van der Waals surface area contributed by atoms with Gasteiger partial charge in [-0.1, -0.05) is 191 Å². The van der Waals surface area contributed by atoms with E-state index in [0.29, 0.717) is 30.3 Å². The van der Waals surface area contributed by atoms with Gasteiger partial charge in [-0.05, 0) is 89.5 Å². The van der Waals surface area contributed by atoms with Crippen molar-refractivity contribution in [3.8, 4) is 0 Å². The zero-order chi connectivity index (χ0) is 48.7. The summed E-state index contributed by atoms with van der Waals surface area (Å²) in [4.78, 5) is 39.7. The van der Waals surface area contributed by atoms with E-state index in [2.05, 4.69) is 74.7 Å². The van der Waals surface area contributed by atoms with Gasteiger partial charge in [0.2, 0.25) is 5.91 Å². The molecule has 0 saturated carbocycles. The molecule has 0 aliphatic heterocycles. The number of phosphoric acid groups is 1. The second-order valence-corrected chi connectivity index (χ2v) is 20.8. The molecule has 0 fully saturated rings. The fraction of sp³-hybridized carbons (Fsp3) is 0.786. The fourth-order valence-electron chi connectivity index (χ4n) is 7.47. The minimum absolute atomic E-state index is 0.0301. The summed E-state index contributed by atoms with van der Waals surface area (Å²) in [5, 5.41) is 3.00. The van der Waals surface area contributed by atoms with Crippen molar-refractivity contribution in [2.24, 2.45) is 0 Å². The molecule has 0 aliphatic carbocycles. The standard InChI is InChI=1S/C56H103N2O7P/c1-7-10-13-16-19-22-25-28-30-33-36-39-42-45-48-55(59)57-53(52-64-66(61,62)63-51-50-58(4,5)6)54(47-44-41-38-35-32-27-24-21-18-15-12-9-3)65-56(60)49-46-43-40-37-34-31-29-26-23-20-17-14-11-8-2/h11,14,20,23,29-31,33,44,47,53-54H,7-10,12-13,15-19,21-22,24-28,32,34-43,45-46,48-52H2,1-6H3,(H-,57,59,61,62)/b14-11+,23-20+,31-29+,33-30-,47-44+. The summed E-state index contributed by atoms with van der Waals surface area (Å²) in [6.45, 7) is 6.68. The van der Waals surface area contributed by atoms with Gasteiger partial charge in [0.25, 0.3) is 7.82 Å². The number of unbranched alkanes of at least 4 members (excludes halogenated alkanes) is 24. The number of allylic oxidation sites excluding steroid dienone is 9. The maximum Gasteiger partial charge on any atom is 0.306 e. The van der Waals surface area contributed by atoms with Gasteiger partial charge in [-0.3, -0.25) is 14.2 Å². The van der Waals surface area contributed by atoms with Crippen molar-refractivity contribution in [2.75, 3.05) is 40.9 Å². The summed E-state index contributed by atoms with van der Waals surface area (Å²) in [7, 11) is 1.16. The van der Waals surface area contributed by atoms with Crippen molar-refractivity contribution in [1.82, 2.24) is 5.32 Å². The highest BCUT2D eigenvalue weighted by Crippen LogP contribution is 2.38. The van der Waals surface area contributed by atoms with Gasteiger partial charge < -0.3 is 28.5 Å². The van der Waals surface area contributed by atoms with E-state index in [4.69, 9.17) is 13.8 Å². The number of ether oxygens (including phenoxy) is 1. The Kier molecular flexibility index (Phi) is 44.8. The third kappa shape index (κ3) is 46.8. The van der Waals surface area contributed by atoms with Crippen LogP contribution in [0.2, 0.25) is 0 Å². The molecule has 0 bridgehead atoms. The topological polar surface area (TPSA) is 114 Å². The zero-order valence-electron chi connectivity index (χ0n) is 43.6. The van der Waals surface area contributed by atoms with Gasteiger partial charge in [0.05, 0.1) is 33.8 Å². The third-order valence-corrected chi connectivity index (χ3v) is 12.6. The summed E-state index contributed by atoms with van der Waals surface area (Å²) in [5.74, 6) is -0.587. The Morgan fingerprint density at radius 1 is 0.545 bits per heavy atom. The van der Waals surface area contributed by atoms with E-state index >= 15 is 0 Å². The van der Waals surface area contributed by atoms with E-state index in [1.165, 1.54) is 96.3 Å². The quantitative estimate of drug-likeness (QED) is 0.0212. The first-order valence-corrected chi connectivity index (χ1v) is 28.6. The SMILES string of the molecule is CC/C=C/C/C=C/C/C=C/CCCCCCC(=O)OC(/C=C/CCCCCCCCCCCC)C(COP(=O)([O-])OCC[N+](C)(C)C)NC(=O)CCCCC/C=C\CCCCCCCCC. The first kappa shape index (κ1) is 63.7. The van der Waals surface area contributed by atoms with Crippen LogP contribution in [-0.4, -0.2) is 69.4 Å². The zero-order valence-corrected chi connectivity index (χ0v) is 44.5. The number of hydrogen-bond donors (Lipinski definition) is 1. The van der Waals surface area contributed by atoms with Crippen molar-refractivity contribution >= 4 is 19.7 Å². The average molecular weight is 947 g/mol. The fourth-order valence-corrected chi connectivity index (χ4v) is 8.19. The molecule has 0 rings (SSSR count). The molecule has 9 nitrogen and oxygen atoms in total. The molecule has 0 aromatic heterocycles. The number of nitrogens with zero attached hydrogens (tertiary/aromatic N) is 1. The van der Waals surface area contributed by atoms with Crippen LogP contribution in [0.5, 0.6) is 0 Å². The predicted molar refractivity (Wildman–Crippen MR) is 279 cm³/mol. The number of carbonyl (C=O) groups excluding carboxylic acids is 2. The summed E-state index contributed by atoms with van der Waals surface area (Å²) in [5.41, 5.74) is 0. The highest BCUT2D eigenvalue weighted by molar-refractivity contribution is 7.45. The van der Waals surface area contributed by atoms with Crippen molar-refractivity contribution in [1.29, 1.82) is 0 Å². The van der Waals surface area contributed by atoms with Crippen molar-refractivity contribution in [3.63, 3.8) is 0 Å². The molecule has 384 valence electrons. The van der Waals surface area contributed by atoms with Crippen molar-refractivity contribution in [3.05, 3.63) is 60.8 Å². The van der Waals surface area contributed by atoms with E-state index in [1.54, 1.807) is 0 Å². The maximum atomic E-state index is 13.4. The number of quaternary nitrogens is 1. The molecule has 0 saturated heterocycles. The molecule has 1 amide bonds. The Bertz CT molecular complexity index is 1320. The second kappa shape index (κ2) is 46.4. The monoisotopic (exact) mass is 947 g/mol. The molecule has 0 heterocycles. The summed E-state index contributed by atoms with van der Waals surface area (Å²) >= 11 is 0. The largest absolute Gasteiger partial charge is 0.756 e.